The molecule has 35 heavy (non-hydrogen) atoms. The van der Waals surface area contributed by atoms with Gasteiger partial charge in [-0.2, -0.15) is 0 Å². The fraction of sp³-hybridized carbons (Fsp3) is 0.231. The first-order valence-corrected chi connectivity index (χ1v) is 13.1. The van der Waals surface area contributed by atoms with Crippen LogP contribution in [-0.2, 0) is 10.0 Å². The van der Waals surface area contributed by atoms with Gasteiger partial charge in [-0.3, -0.25) is 9.69 Å². The molecule has 3 aromatic rings. The normalized spacial score (nSPS) is 16.8. The monoisotopic (exact) mass is 490 g/mol. The molecule has 5 rings (SSSR count). The summed E-state index contributed by atoms with van der Waals surface area (Å²) in [6.45, 7) is 0. The van der Waals surface area contributed by atoms with Crippen LogP contribution in [0.2, 0.25) is 0 Å². The third-order valence-corrected chi connectivity index (χ3v) is 7.85. The van der Waals surface area contributed by atoms with Crippen molar-refractivity contribution in [1.29, 1.82) is 0 Å². The number of hydrogen-bond acceptors (Lipinski definition) is 5. The first-order valence-electron chi connectivity index (χ1n) is 11.6. The third-order valence-electron chi connectivity index (χ3n) is 6.50. The van der Waals surface area contributed by atoms with Gasteiger partial charge < -0.3 is 10.6 Å². The number of fused-ring (bicyclic) bond motifs is 1. The molecule has 0 saturated heterocycles. The van der Waals surface area contributed by atoms with Crippen molar-refractivity contribution in [3.63, 3.8) is 0 Å². The predicted molar refractivity (Wildman–Crippen MR) is 135 cm³/mol. The number of rotatable bonds is 4. The van der Waals surface area contributed by atoms with Gasteiger partial charge in [0.2, 0.25) is 0 Å². The summed E-state index contributed by atoms with van der Waals surface area (Å²) < 4.78 is 27.6. The second kappa shape index (κ2) is 9.07. The molecule has 0 unspecified atom stereocenters. The van der Waals surface area contributed by atoms with Crippen LogP contribution in [0, 0.1) is 0 Å². The van der Waals surface area contributed by atoms with Crippen LogP contribution >= 0.6 is 0 Å². The van der Waals surface area contributed by atoms with Gasteiger partial charge in [0, 0.05) is 17.1 Å². The minimum Gasteiger partial charge on any atom is -0.362 e. The maximum Gasteiger partial charge on any atom is 0.333 e. The lowest BCUT2D eigenvalue weighted by Crippen LogP contribution is -2.61. The van der Waals surface area contributed by atoms with Crippen LogP contribution in [0.25, 0.3) is 0 Å². The molecule has 1 heterocycles. The van der Waals surface area contributed by atoms with Crippen LogP contribution in [0.5, 0.6) is 0 Å². The van der Waals surface area contributed by atoms with Crippen molar-refractivity contribution in [2.45, 2.75) is 42.7 Å². The molecular weight excluding hydrogens is 464 g/mol. The predicted octanol–water partition coefficient (Wildman–Crippen LogP) is 4.93. The van der Waals surface area contributed by atoms with Crippen molar-refractivity contribution < 1.29 is 18.0 Å². The summed E-state index contributed by atoms with van der Waals surface area (Å²) >= 11 is 0. The minimum absolute atomic E-state index is 0.0695. The molecule has 0 atom stereocenters. The van der Waals surface area contributed by atoms with Crippen molar-refractivity contribution in [2.24, 2.45) is 0 Å². The van der Waals surface area contributed by atoms with Crippen LogP contribution in [0.3, 0.4) is 0 Å². The van der Waals surface area contributed by atoms with Gasteiger partial charge in [0.25, 0.3) is 15.9 Å². The second-order valence-electron chi connectivity index (χ2n) is 8.82. The lowest BCUT2D eigenvalue weighted by Gasteiger charge is -2.50. The number of amides is 3. The number of urea groups is 1. The second-order valence-corrected chi connectivity index (χ2v) is 10.5. The number of sulfonamides is 1. The largest absolute Gasteiger partial charge is 0.362 e. The molecule has 3 aromatic carbocycles. The van der Waals surface area contributed by atoms with Crippen LogP contribution in [-0.4, -0.2) is 26.0 Å². The summed E-state index contributed by atoms with van der Waals surface area (Å²) in [4.78, 5) is 27.5. The highest BCUT2D eigenvalue weighted by Gasteiger charge is 2.46. The highest BCUT2D eigenvalue weighted by molar-refractivity contribution is 7.90. The quantitative estimate of drug-likeness (QED) is 0.481. The van der Waals surface area contributed by atoms with E-state index >= 15 is 0 Å². The first-order chi connectivity index (χ1) is 16.9. The summed E-state index contributed by atoms with van der Waals surface area (Å²) in [5.74, 6) is -0.114. The summed E-state index contributed by atoms with van der Waals surface area (Å²) in [5.41, 5.74) is 1.93. The van der Waals surface area contributed by atoms with Gasteiger partial charge in [-0.25, -0.2) is 17.9 Å². The number of carbonyl (C=O) groups excluding carboxylic acids is 2. The van der Waals surface area contributed by atoms with E-state index in [1.165, 1.54) is 12.1 Å². The highest BCUT2D eigenvalue weighted by atomic mass is 32.2. The van der Waals surface area contributed by atoms with Crippen molar-refractivity contribution in [1.82, 2.24) is 4.72 Å². The lowest BCUT2D eigenvalue weighted by molar-refractivity contribution is 0.0938. The Labute approximate surface area is 204 Å². The molecule has 1 saturated carbocycles. The Kier molecular flexibility index (Phi) is 5.94. The molecule has 9 heteroatoms. The van der Waals surface area contributed by atoms with E-state index in [0.717, 1.165) is 37.8 Å². The molecule has 1 aliphatic heterocycles. The third kappa shape index (κ3) is 4.46. The number of benzene rings is 3. The maximum absolute atomic E-state index is 13.6. The Morgan fingerprint density at radius 3 is 2.23 bits per heavy atom. The fourth-order valence-electron chi connectivity index (χ4n) is 4.88. The van der Waals surface area contributed by atoms with Crippen LogP contribution in [0.4, 0.5) is 21.9 Å². The van der Waals surface area contributed by atoms with Gasteiger partial charge in [0.15, 0.2) is 0 Å². The molecule has 1 spiro atoms. The zero-order valence-electron chi connectivity index (χ0n) is 19.0. The molecule has 0 bridgehead atoms. The standard InChI is InChI=1S/C26H26N4O4S/c31-24-22-11-5-6-12-23(22)28-26(17-7-2-8-18-26)30(24)20-13-15-21(16-14-20)35(33,34)29-25(32)27-19-9-3-1-4-10-19/h1,3-6,9-16,28H,2,7-8,17-18H2,(H2,27,29,32). The van der Waals surface area contributed by atoms with Gasteiger partial charge in [0.1, 0.15) is 5.66 Å². The number of nitrogens with zero attached hydrogens (tertiary/aromatic N) is 1. The Hall–Kier alpha value is -3.85. The Morgan fingerprint density at radius 2 is 1.51 bits per heavy atom. The number of carbonyl (C=O) groups is 2. The average molecular weight is 491 g/mol. The van der Waals surface area contributed by atoms with E-state index in [1.807, 2.05) is 22.9 Å². The minimum atomic E-state index is -4.10. The SMILES string of the molecule is O=C(Nc1ccccc1)NS(=O)(=O)c1ccc(N2C(=O)c3ccccc3NC23CCCCC3)cc1. The molecule has 2 aliphatic rings. The van der Waals surface area contributed by atoms with Crippen LogP contribution < -0.4 is 20.3 Å². The number of nitrogens with one attached hydrogen (secondary N) is 3. The summed E-state index contributed by atoms with van der Waals surface area (Å²) in [5, 5.41) is 6.10. The highest BCUT2D eigenvalue weighted by Crippen LogP contribution is 2.42. The van der Waals surface area contributed by atoms with Crippen molar-refractivity contribution in [2.75, 3.05) is 15.5 Å². The Balaban J connectivity index is 1.41. The molecule has 3 amide bonds. The van der Waals surface area contributed by atoms with E-state index < -0.39 is 21.7 Å². The molecule has 3 N–H and O–H groups in total. The Morgan fingerprint density at radius 1 is 0.857 bits per heavy atom. The van der Waals surface area contributed by atoms with Gasteiger partial charge in [0.05, 0.1) is 10.5 Å². The summed E-state index contributed by atoms with van der Waals surface area (Å²) in [6, 6.07) is 21.2. The topological polar surface area (TPSA) is 108 Å². The summed E-state index contributed by atoms with van der Waals surface area (Å²) in [7, 11) is -4.10. The summed E-state index contributed by atoms with van der Waals surface area (Å²) in [6.07, 6.45) is 4.70. The molecule has 1 fully saturated rings. The van der Waals surface area contributed by atoms with Crippen molar-refractivity contribution in [3.05, 3.63) is 84.4 Å². The zero-order chi connectivity index (χ0) is 24.5. The smallest absolute Gasteiger partial charge is 0.333 e. The van der Waals surface area contributed by atoms with Gasteiger partial charge >= 0.3 is 6.03 Å². The molecule has 0 aromatic heterocycles. The molecule has 1 aliphatic carbocycles. The lowest BCUT2D eigenvalue weighted by atomic mass is 9.84. The fourth-order valence-corrected chi connectivity index (χ4v) is 5.79. The van der Waals surface area contributed by atoms with Gasteiger partial charge in [-0.15, -0.1) is 0 Å². The van der Waals surface area contributed by atoms with E-state index in [4.69, 9.17) is 0 Å². The van der Waals surface area contributed by atoms with Crippen molar-refractivity contribution in [3.8, 4) is 0 Å². The average Bonchev–Trinajstić information content (AvgIpc) is 2.85. The van der Waals surface area contributed by atoms with Gasteiger partial charge in [-0.1, -0.05) is 36.8 Å². The van der Waals surface area contributed by atoms with Crippen LogP contribution in [0.1, 0.15) is 42.5 Å². The number of para-hydroxylation sites is 2. The molecule has 180 valence electrons. The van der Waals surface area contributed by atoms with Crippen molar-refractivity contribution >= 4 is 39.0 Å². The maximum atomic E-state index is 13.6. The van der Waals surface area contributed by atoms with Gasteiger partial charge in [-0.05, 0) is 74.2 Å². The van der Waals surface area contributed by atoms with Crippen LogP contribution in [0.15, 0.2) is 83.8 Å². The number of hydrogen-bond donors (Lipinski definition) is 3. The van der Waals surface area contributed by atoms with E-state index in [9.17, 15) is 18.0 Å². The van der Waals surface area contributed by atoms with E-state index in [1.54, 1.807) is 53.4 Å². The first kappa shape index (κ1) is 22.9. The van der Waals surface area contributed by atoms with E-state index in [-0.39, 0.29) is 10.8 Å². The molecule has 0 radical (unpaired) electrons. The van der Waals surface area contributed by atoms with E-state index in [2.05, 4.69) is 10.6 Å². The Bertz CT molecular complexity index is 1350. The van der Waals surface area contributed by atoms with E-state index in [0.29, 0.717) is 16.9 Å². The number of anilines is 3. The molecular formula is C26H26N4O4S. The molecule has 8 nitrogen and oxygen atoms in total. The zero-order valence-corrected chi connectivity index (χ0v) is 19.8.